The lowest BCUT2D eigenvalue weighted by Crippen LogP contribution is -2.17. The molecular formula is C12H16F3NOS. The average molecular weight is 279 g/mol. The fourth-order valence-electron chi connectivity index (χ4n) is 1.31. The SMILES string of the molecule is CNCc1ccc(SCCOCC(F)(F)F)cc1. The number of rotatable bonds is 7. The molecule has 0 unspecified atom stereocenters. The van der Waals surface area contributed by atoms with Crippen LogP contribution in [0.5, 0.6) is 0 Å². The molecule has 1 N–H and O–H groups in total. The molecule has 1 rings (SSSR count). The molecule has 6 heteroatoms. The molecule has 0 aliphatic heterocycles. The van der Waals surface area contributed by atoms with E-state index in [1.165, 1.54) is 17.3 Å². The number of nitrogens with one attached hydrogen (secondary N) is 1. The monoisotopic (exact) mass is 279 g/mol. The summed E-state index contributed by atoms with van der Waals surface area (Å²) in [5.74, 6) is 0.515. The maximum Gasteiger partial charge on any atom is 0.411 e. The Morgan fingerprint density at radius 1 is 1.22 bits per heavy atom. The molecule has 0 aromatic heterocycles. The summed E-state index contributed by atoms with van der Waals surface area (Å²) in [5, 5.41) is 3.04. The first-order valence-electron chi connectivity index (χ1n) is 5.52. The highest BCUT2D eigenvalue weighted by Gasteiger charge is 2.27. The highest BCUT2D eigenvalue weighted by Crippen LogP contribution is 2.19. The van der Waals surface area contributed by atoms with E-state index in [4.69, 9.17) is 0 Å². The summed E-state index contributed by atoms with van der Waals surface area (Å²) in [6.45, 7) is -0.267. The molecule has 0 saturated heterocycles. The van der Waals surface area contributed by atoms with Crippen LogP contribution in [-0.4, -0.2) is 32.2 Å². The zero-order valence-electron chi connectivity index (χ0n) is 10.1. The highest BCUT2D eigenvalue weighted by molar-refractivity contribution is 7.99. The Balaban J connectivity index is 2.19. The molecule has 0 amide bonds. The third-order valence-corrected chi connectivity index (χ3v) is 3.04. The van der Waals surface area contributed by atoms with E-state index in [2.05, 4.69) is 10.1 Å². The van der Waals surface area contributed by atoms with Crippen LogP contribution in [0.3, 0.4) is 0 Å². The van der Waals surface area contributed by atoms with E-state index in [1.807, 2.05) is 31.3 Å². The molecule has 102 valence electrons. The molecule has 18 heavy (non-hydrogen) atoms. The first-order chi connectivity index (χ1) is 8.51. The third kappa shape index (κ3) is 6.88. The van der Waals surface area contributed by atoms with E-state index in [1.54, 1.807) is 0 Å². The first-order valence-corrected chi connectivity index (χ1v) is 6.50. The molecule has 0 radical (unpaired) electrons. The summed E-state index contributed by atoms with van der Waals surface area (Å²) >= 11 is 1.49. The molecule has 0 heterocycles. The molecule has 2 nitrogen and oxygen atoms in total. The van der Waals surface area contributed by atoms with E-state index >= 15 is 0 Å². The molecule has 0 spiro atoms. The van der Waals surface area contributed by atoms with Crippen molar-refractivity contribution in [2.75, 3.05) is 26.0 Å². The summed E-state index contributed by atoms with van der Waals surface area (Å²) in [4.78, 5) is 1.03. The zero-order chi connectivity index (χ0) is 13.4. The van der Waals surface area contributed by atoms with Crippen molar-refractivity contribution in [3.05, 3.63) is 29.8 Å². The summed E-state index contributed by atoms with van der Waals surface area (Å²) in [7, 11) is 1.88. The van der Waals surface area contributed by atoms with Gasteiger partial charge in [-0.3, -0.25) is 0 Å². The van der Waals surface area contributed by atoms with Crippen molar-refractivity contribution in [3.63, 3.8) is 0 Å². The lowest BCUT2D eigenvalue weighted by Gasteiger charge is -2.07. The lowest BCUT2D eigenvalue weighted by atomic mass is 10.2. The first kappa shape index (κ1) is 15.3. The minimum atomic E-state index is -4.24. The van der Waals surface area contributed by atoms with Crippen molar-refractivity contribution in [2.24, 2.45) is 0 Å². The van der Waals surface area contributed by atoms with Gasteiger partial charge in [-0.05, 0) is 24.7 Å². The van der Waals surface area contributed by atoms with Crippen LogP contribution in [-0.2, 0) is 11.3 Å². The average Bonchev–Trinajstić information content (AvgIpc) is 2.30. The van der Waals surface area contributed by atoms with Gasteiger partial charge >= 0.3 is 6.18 Å². The molecular weight excluding hydrogens is 263 g/mol. The van der Waals surface area contributed by atoms with Gasteiger partial charge in [0.15, 0.2) is 0 Å². The Hall–Kier alpha value is -0.720. The van der Waals surface area contributed by atoms with Crippen molar-refractivity contribution in [3.8, 4) is 0 Å². The Labute approximate surface area is 109 Å². The number of ether oxygens (including phenoxy) is 1. The maximum atomic E-state index is 11.8. The van der Waals surface area contributed by atoms with Gasteiger partial charge in [0.25, 0.3) is 0 Å². The Morgan fingerprint density at radius 3 is 2.44 bits per heavy atom. The summed E-state index contributed by atoms with van der Waals surface area (Å²) in [5.41, 5.74) is 1.18. The van der Waals surface area contributed by atoms with Crippen LogP contribution in [0, 0.1) is 0 Å². The second-order valence-electron chi connectivity index (χ2n) is 3.69. The maximum absolute atomic E-state index is 11.8. The van der Waals surface area contributed by atoms with E-state index in [0.717, 1.165) is 11.4 Å². The molecule has 1 aromatic carbocycles. The third-order valence-electron chi connectivity index (χ3n) is 2.07. The van der Waals surface area contributed by atoms with Crippen molar-refractivity contribution in [2.45, 2.75) is 17.6 Å². The van der Waals surface area contributed by atoms with Crippen molar-refractivity contribution < 1.29 is 17.9 Å². The van der Waals surface area contributed by atoms with Gasteiger partial charge in [0.1, 0.15) is 6.61 Å². The van der Waals surface area contributed by atoms with Crippen LogP contribution in [0.15, 0.2) is 29.2 Å². The fraction of sp³-hybridized carbons (Fsp3) is 0.500. The van der Waals surface area contributed by atoms with E-state index < -0.39 is 12.8 Å². The molecule has 0 atom stereocenters. The van der Waals surface area contributed by atoms with Crippen molar-refractivity contribution in [1.82, 2.24) is 5.32 Å². The quantitative estimate of drug-likeness (QED) is 0.612. The standard InChI is InChI=1S/C12H16F3NOS/c1-16-8-10-2-4-11(5-3-10)18-7-6-17-9-12(13,14)15/h2-5,16H,6-9H2,1H3. The van der Waals surface area contributed by atoms with Crippen LogP contribution in [0.25, 0.3) is 0 Å². The number of thioether (sulfide) groups is 1. The molecule has 0 fully saturated rings. The Bertz CT molecular complexity index is 340. The summed E-state index contributed by atoms with van der Waals surface area (Å²) in [6.07, 6.45) is -4.24. The zero-order valence-corrected chi connectivity index (χ0v) is 10.9. The second-order valence-corrected chi connectivity index (χ2v) is 4.86. The van der Waals surface area contributed by atoms with Gasteiger partial charge in [0.05, 0.1) is 6.61 Å². The largest absolute Gasteiger partial charge is 0.411 e. The van der Waals surface area contributed by atoms with Gasteiger partial charge < -0.3 is 10.1 Å². The smallest absolute Gasteiger partial charge is 0.371 e. The van der Waals surface area contributed by atoms with Crippen molar-refractivity contribution in [1.29, 1.82) is 0 Å². The number of halogens is 3. The van der Waals surface area contributed by atoms with Crippen molar-refractivity contribution >= 4 is 11.8 Å². The fourth-order valence-corrected chi connectivity index (χ4v) is 2.08. The molecule has 1 aromatic rings. The number of hydrogen-bond donors (Lipinski definition) is 1. The van der Waals surface area contributed by atoms with Crippen LogP contribution in [0.4, 0.5) is 13.2 Å². The van der Waals surface area contributed by atoms with Crippen LogP contribution >= 0.6 is 11.8 Å². The van der Waals surface area contributed by atoms with Gasteiger partial charge in [-0.15, -0.1) is 11.8 Å². The normalized spacial score (nSPS) is 11.8. The molecule has 0 bridgehead atoms. The predicted molar refractivity (Wildman–Crippen MR) is 66.8 cm³/mol. The molecule has 0 aliphatic rings. The van der Waals surface area contributed by atoms with Crippen LogP contribution < -0.4 is 5.32 Å². The van der Waals surface area contributed by atoms with Gasteiger partial charge in [-0.25, -0.2) is 0 Å². The van der Waals surface area contributed by atoms with Gasteiger partial charge in [-0.2, -0.15) is 13.2 Å². The van der Waals surface area contributed by atoms with Gasteiger partial charge in [-0.1, -0.05) is 12.1 Å². The van der Waals surface area contributed by atoms with E-state index in [-0.39, 0.29) is 6.61 Å². The number of benzene rings is 1. The Morgan fingerprint density at radius 2 is 1.89 bits per heavy atom. The van der Waals surface area contributed by atoms with Gasteiger partial charge in [0, 0.05) is 17.2 Å². The second kappa shape index (κ2) is 7.66. The number of alkyl halides is 3. The molecule has 0 aliphatic carbocycles. The highest BCUT2D eigenvalue weighted by atomic mass is 32.2. The lowest BCUT2D eigenvalue weighted by molar-refractivity contribution is -0.172. The number of hydrogen-bond acceptors (Lipinski definition) is 3. The topological polar surface area (TPSA) is 21.3 Å². The van der Waals surface area contributed by atoms with E-state index in [0.29, 0.717) is 5.75 Å². The minimum Gasteiger partial charge on any atom is -0.371 e. The minimum absolute atomic E-state index is 0.0996. The van der Waals surface area contributed by atoms with Gasteiger partial charge in [0.2, 0.25) is 0 Å². The summed E-state index contributed by atoms with van der Waals surface area (Å²) in [6, 6.07) is 7.91. The van der Waals surface area contributed by atoms with Crippen LogP contribution in [0.1, 0.15) is 5.56 Å². The van der Waals surface area contributed by atoms with Crippen LogP contribution in [0.2, 0.25) is 0 Å². The van der Waals surface area contributed by atoms with E-state index in [9.17, 15) is 13.2 Å². The predicted octanol–water partition coefficient (Wildman–Crippen LogP) is 3.08. The summed E-state index contributed by atoms with van der Waals surface area (Å²) < 4.78 is 39.9. The Kier molecular flexibility index (Phi) is 6.52. The molecule has 0 saturated carbocycles.